The minimum absolute atomic E-state index is 0.0891. The first-order chi connectivity index (χ1) is 11.6. The van der Waals surface area contributed by atoms with Crippen molar-refractivity contribution < 1.29 is 4.79 Å². The van der Waals surface area contributed by atoms with Crippen molar-refractivity contribution in [3.05, 3.63) is 41.9 Å². The average Bonchev–Trinajstić information content (AvgIpc) is 3.06. The van der Waals surface area contributed by atoms with Gasteiger partial charge in [-0.25, -0.2) is 9.67 Å². The molecule has 1 saturated heterocycles. The second-order valence-electron chi connectivity index (χ2n) is 6.45. The Hall–Kier alpha value is -2.21. The van der Waals surface area contributed by atoms with Gasteiger partial charge in [0.2, 0.25) is 0 Å². The Balaban J connectivity index is 1.80. The molecule has 0 spiro atoms. The highest BCUT2D eigenvalue weighted by Crippen LogP contribution is 2.20. The van der Waals surface area contributed by atoms with E-state index in [0.29, 0.717) is 11.6 Å². The standard InChI is InChI=1S/C18H25N5O/c1-4-16-15(13-20-23(16)17-7-5-6-10-19-17)18(24)22-11-8-14(9-12-22)21(2)3/h5-7,10,13-14H,4,8-9,11-12H2,1-3H3. The second-order valence-corrected chi connectivity index (χ2v) is 6.45. The third-order valence-electron chi connectivity index (χ3n) is 4.78. The lowest BCUT2D eigenvalue weighted by molar-refractivity contribution is 0.0662. The summed E-state index contributed by atoms with van der Waals surface area (Å²) in [7, 11) is 4.21. The van der Waals surface area contributed by atoms with Crippen molar-refractivity contribution in [3.63, 3.8) is 0 Å². The Morgan fingerprint density at radius 1 is 1.29 bits per heavy atom. The van der Waals surface area contributed by atoms with Crippen LogP contribution in [-0.2, 0) is 6.42 Å². The zero-order valence-corrected chi connectivity index (χ0v) is 14.6. The van der Waals surface area contributed by atoms with Crippen molar-refractivity contribution in [2.45, 2.75) is 32.2 Å². The zero-order chi connectivity index (χ0) is 17.1. The molecular weight excluding hydrogens is 302 g/mol. The minimum atomic E-state index is 0.0891. The Morgan fingerprint density at radius 3 is 2.62 bits per heavy atom. The Bertz CT molecular complexity index is 687. The number of rotatable bonds is 4. The fraction of sp³-hybridized carbons (Fsp3) is 0.500. The van der Waals surface area contributed by atoms with E-state index in [1.54, 1.807) is 17.1 Å². The van der Waals surface area contributed by atoms with Gasteiger partial charge in [0, 0.05) is 25.3 Å². The minimum Gasteiger partial charge on any atom is -0.338 e. The number of hydrogen-bond acceptors (Lipinski definition) is 4. The summed E-state index contributed by atoms with van der Waals surface area (Å²) >= 11 is 0. The van der Waals surface area contributed by atoms with Gasteiger partial charge in [-0.2, -0.15) is 5.10 Å². The van der Waals surface area contributed by atoms with Crippen molar-refractivity contribution in [1.29, 1.82) is 0 Å². The van der Waals surface area contributed by atoms with E-state index in [1.807, 2.05) is 30.0 Å². The third-order valence-corrected chi connectivity index (χ3v) is 4.78. The van der Waals surface area contributed by atoms with Gasteiger partial charge in [0.1, 0.15) is 0 Å². The van der Waals surface area contributed by atoms with Gasteiger partial charge >= 0.3 is 0 Å². The lowest BCUT2D eigenvalue weighted by Gasteiger charge is -2.35. The maximum atomic E-state index is 12.9. The van der Waals surface area contributed by atoms with Crippen LogP contribution in [0.2, 0.25) is 0 Å². The largest absolute Gasteiger partial charge is 0.338 e. The van der Waals surface area contributed by atoms with Crippen LogP contribution in [0, 0.1) is 0 Å². The van der Waals surface area contributed by atoms with Crippen LogP contribution in [0.3, 0.4) is 0 Å². The third kappa shape index (κ3) is 3.19. The van der Waals surface area contributed by atoms with Gasteiger partial charge in [0.15, 0.2) is 5.82 Å². The van der Waals surface area contributed by atoms with Gasteiger partial charge in [-0.15, -0.1) is 0 Å². The molecule has 0 aromatic carbocycles. The molecule has 0 bridgehead atoms. The summed E-state index contributed by atoms with van der Waals surface area (Å²) in [6.07, 6.45) is 6.22. The molecule has 1 aliphatic rings. The number of carbonyl (C=O) groups excluding carboxylic acids is 1. The van der Waals surface area contributed by atoms with E-state index in [4.69, 9.17) is 0 Å². The first kappa shape index (κ1) is 16.6. The van der Waals surface area contributed by atoms with E-state index >= 15 is 0 Å². The summed E-state index contributed by atoms with van der Waals surface area (Å²) in [5.74, 6) is 0.839. The van der Waals surface area contributed by atoms with E-state index in [-0.39, 0.29) is 5.91 Å². The quantitative estimate of drug-likeness (QED) is 0.862. The number of nitrogens with zero attached hydrogens (tertiary/aromatic N) is 5. The molecule has 6 heteroatoms. The van der Waals surface area contributed by atoms with Gasteiger partial charge in [-0.3, -0.25) is 4.79 Å². The summed E-state index contributed by atoms with van der Waals surface area (Å²) in [5, 5.41) is 4.41. The molecule has 0 saturated carbocycles. The fourth-order valence-corrected chi connectivity index (χ4v) is 3.32. The van der Waals surface area contributed by atoms with Crippen LogP contribution < -0.4 is 0 Å². The lowest BCUT2D eigenvalue weighted by atomic mass is 10.0. The molecule has 2 aromatic rings. The zero-order valence-electron chi connectivity index (χ0n) is 14.6. The number of carbonyl (C=O) groups is 1. The van der Waals surface area contributed by atoms with Crippen molar-refractivity contribution >= 4 is 5.91 Å². The molecular formula is C18H25N5O. The number of aromatic nitrogens is 3. The maximum Gasteiger partial charge on any atom is 0.257 e. The summed E-state index contributed by atoms with van der Waals surface area (Å²) in [4.78, 5) is 21.5. The lowest BCUT2D eigenvalue weighted by Crippen LogP contribution is -2.44. The topological polar surface area (TPSA) is 54.3 Å². The smallest absolute Gasteiger partial charge is 0.257 e. The molecule has 24 heavy (non-hydrogen) atoms. The number of amides is 1. The Kier molecular flexibility index (Phi) is 4.94. The monoisotopic (exact) mass is 327 g/mol. The summed E-state index contributed by atoms with van der Waals surface area (Å²) in [6, 6.07) is 6.27. The van der Waals surface area contributed by atoms with E-state index in [0.717, 1.165) is 43.9 Å². The molecule has 1 aliphatic heterocycles. The molecule has 128 valence electrons. The highest BCUT2D eigenvalue weighted by molar-refractivity contribution is 5.95. The highest BCUT2D eigenvalue weighted by Gasteiger charge is 2.27. The normalized spacial score (nSPS) is 15.9. The molecule has 0 radical (unpaired) electrons. The molecule has 3 heterocycles. The SMILES string of the molecule is CCc1c(C(=O)N2CCC(N(C)C)CC2)cnn1-c1ccccn1. The number of likely N-dealkylation sites (tertiary alicyclic amines) is 1. The van der Waals surface area contributed by atoms with Crippen LogP contribution in [0.15, 0.2) is 30.6 Å². The van der Waals surface area contributed by atoms with Crippen LogP contribution in [0.25, 0.3) is 5.82 Å². The molecule has 0 atom stereocenters. The average molecular weight is 327 g/mol. The molecule has 0 unspecified atom stereocenters. The number of piperidine rings is 1. The molecule has 2 aromatic heterocycles. The van der Waals surface area contributed by atoms with Gasteiger partial charge in [0.25, 0.3) is 5.91 Å². The van der Waals surface area contributed by atoms with Crippen molar-refractivity contribution in [2.24, 2.45) is 0 Å². The molecule has 0 aliphatic carbocycles. The maximum absolute atomic E-state index is 12.9. The first-order valence-corrected chi connectivity index (χ1v) is 8.55. The van der Waals surface area contributed by atoms with Crippen LogP contribution in [0.5, 0.6) is 0 Å². The highest BCUT2D eigenvalue weighted by atomic mass is 16.2. The van der Waals surface area contributed by atoms with Crippen LogP contribution in [-0.4, -0.2) is 63.7 Å². The van der Waals surface area contributed by atoms with Gasteiger partial charge in [-0.05, 0) is 45.5 Å². The Morgan fingerprint density at radius 2 is 2.04 bits per heavy atom. The molecule has 1 fully saturated rings. The summed E-state index contributed by atoms with van der Waals surface area (Å²) < 4.78 is 1.78. The molecule has 0 N–H and O–H groups in total. The van der Waals surface area contributed by atoms with Crippen molar-refractivity contribution in [1.82, 2.24) is 24.6 Å². The van der Waals surface area contributed by atoms with Crippen LogP contribution >= 0.6 is 0 Å². The summed E-state index contributed by atoms with van der Waals surface area (Å²) in [6.45, 7) is 3.66. The van der Waals surface area contributed by atoms with Crippen LogP contribution in [0.1, 0.15) is 35.8 Å². The number of hydrogen-bond donors (Lipinski definition) is 0. The van der Waals surface area contributed by atoms with Crippen LogP contribution in [0.4, 0.5) is 0 Å². The molecule has 1 amide bonds. The van der Waals surface area contributed by atoms with E-state index < -0.39 is 0 Å². The predicted octanol–water partition coefficient (Wildman–Crippen LogP) is 2.00. The van der Waals surface area contributed by atoms with Crippen molar-refractivity contribution in [3.8, 4) is 5.82 Å². The van der Waals surface area contributed by atoms with Gasteiger partial charge in [0.05, 0.1) is 17.5 Å². The van der Waals surface area contributed by atoms with E-state index in [2.05, 4.69) is 29.1 Å². The molecule has 6 nitrogen and oxygen atoms in total. The fourth-order valence-electron chi connectivity index (χ4n) is 3.32. The van der Waals surface area contributed by atoms with Crippen molar-refractivity contribution in [2.75, 3.05) is 27.2 Å². The second kappa shape index (κ2) is 7.13. The predicted molar refractivity (Wildman–Crippen MR) is 93.3 cm³/mol. The van der Waals surface area contributed by atoms with E-state index in [1.165, 1.54) is 0 Å². The van der Waals surface area contributed by atoms with Gasteiger partial charge in [-0.1, -0.05) is 13.0 Å². The van der Waals surface area contributed by atoms with E-state index in [9.17, 15) is 4.79 Å². The van der Waals surface area contributed by atoms with Gasteiger partial charge < -0.3 is 9.80 Å². The molecule has 3 rings (SSSR count). The Labute approximate surface area is 143 Å². The first-order valence-electron chi connectivity index (χ1n) is 8.55. The summed E-state index contributed by atoms with van der Waals surface area (Å²) in [5.41, 5.74) is 1.62. The number of pyridine rings is 1.